The molecule has 0 spiro atoms. The van der Waals surface area contributed by atoms with Crippen molar-refractivity contribution in [1.82, 2.24) is 0 Å². The lowest BCUT2D eigenvalue weighted by molar-refractivity contribution is -0.142. The van der Waals surface area contributed by atoms with Crippen molar-refractivity contribution in [1.29, 1.82) is 0 Å². The Hall–Kier alpha value is -0.570. The van der Waals surface area contributed by atoms with Crippen LogP contribution in [0.15, 0.2) is 0 Å². The predicted molar refractivity (Wildman–Crippen MR) is 42.1 cm³/mol. The average Bonchev–Trinajstić information content (AvgIpc) is 1.82. The number of hydrogen-bond acceptors (Lipinski definition) is 2. The number of aliphatic carboxylic acids is 1. The van der Waals surface area contributed by atoms with Gasteiger partial charge in [0.2, 0.25) is 0 Å². The maximum Gasteiger partial charge on any atom is 0.303 e. The van der Waals surface area contributed by atoms with Crippen LogP contribution in [0.3, 0.4) is 0 Å². The van der Waals surface area contributed by atoms with E-state index in [4.69, 9.17) is 10.8 Å². The van der Waals surface area contributed by atoms with E-state index in [-0.39, 0.29) is 11.8 Å². The lowest BCUT2D eigenvalue weighted by Crippen LogP contribution is -2.43. The first-order valence-corrected chi connectivity index (χ1v) is 4.00. The molecule has 0 radical (unpaired) electrons. The first-order chi connectivity index (χ1) is 5.08. The molecule has 1 aliphatic rings. The number of nitrogens with two attached hydrogens (primary N) is 1. The van der Waals surface area contributed by atoms with Gasteiger partial charge in [-0.05, 0) is 30.7 Å². The molecular formula is C8H15NO2. The minimum Gasteiger partial charge on any atom is -0.481 e. The van der Waals surface area contributed by atoms with Crippen LogP contribution in [0.1, 0.15) is 26.2 Å². The van der Waals surface area contributed by atoms with E-state index in [9.17, 15) is 4.79 Å². The smallest absolute Gasteiger partial charge is 0.303 e. The van der Waals surface area contributed by atoms with Gasteiger partial charge in [0.15, 0.2) is 0 Å². The molecule has 0 atom stereocenters. The molecular weight excluding hydrogens is 142 g/mol. The Bertz CT molecular complexity index is 161. The Kier molecular flexibility index (Phi) is 2.18. The second kappa shape index (κ2) is 2.81. The van der Waals surface area contributed by atoms with Crippen molar-refractivity contribution in [2.75, 3.05) is 6.54 Å². The zero-order valence-corrected chi connectivity index (χ0v) is 6.84. The summed E-state index contributed by atoms with van der Waals surface area (Å²) in [5.41, 5.74) is 5.45. The number of rotatable bonds is 3. The molecule has 0 saturated heterocycles. The van der Waals surface area contributed by atoms with Crippen molar-refractivity contribution in [3.63, 3.8) is 0 Å². The Morgan fingerprint density at radius 2 is 2.27 bits per heavy atom. The molecule has 0 aromatic heterocycles. The fraction of sp³-hybridized carbons (Fsp3) is 0.875. The van der Waals surface area contributed by atoms with Gasteiger partial charge in [-0.25, -0.2) is 0 Å². The molecule has 0 unspecified atom stereocenters. The average molecular weight is 157 g/mol. The van der Waals surface area contributed by atoms with Crippen LogP contribution in [0.25, 0.3) is 0 Å². The fourth-order valence-corrected chi connectivity index (χ4v) is 2.12. The lowest BCUT2D eigenvalue weighted by Gasteiger charge is -2.44. The van der Waals surface area contributed by atoms with Gasteiger partial charge in [0, 0.05) is 0 Å². The van der Waals surface area contributed by atoms with Crippen molar-refractivity contribution in [2.24, 2.45) is 17.1 Å². The number of carbonyl (C=O) groups is 1. The van der Waals surface area contributed by atoms with E-state index in [2.05, 4.69) is 6.92 Å². The second-order valence-corrected chi connectivity index (χ2v) is 3.79. The quantitative estimate of drug-likeness (QED) is 0.638. The maximum absolute atomic E-state index is 10.4. The van der Waals surface area contributed by atoms with Crippen LogP contribution >= 0.6 is 0 Å². The summed E-state index contributed by atoms with van der Waals surface area (Å²) in [4.78, 5) is 10.4. The number of carboxylic acid groups (broad SMARTS) is 1. The van der Waals surface area contributed by atoms with Crippen LogP contribution in [-0.2, 0) is 4.79 Å². The summed E-state index contributed by atoms with van der Waals surface area (Å²) in [7, 11) is 0. The highest BCUT2D eigenvalue weighted by Gasteiger charge is 2.42. The third-order valence-electron chi connectivity index (χ3n) is 2.52. The first kappa shape index (κ1) is 8.53. The maximum atomic E-state index is 10.4. The van der Waals surface area contributed by atoms with Crippen LogP contribution in [0.2, 0.25) is 0 Å². The highest BCUT2D eigenvalue weighted by molar-refractivity contribution is 5.68. The Morgan fingerprint density at radius 3 is 2.55 bits per heavy atom. The molecule has 3 N–H and O–H groups in total. The Balaban J connectivity index is 2.44. The molecule has 0 aromatic rings. The minimum atomic E-state index is -0.720. The van der Waals surface area contributed by atoms with E-state index in [0.29, 0.717) is 12.5 Å². The van der Waals surface area contributed by atoms with Crippen molar-refractivity contribution in [2.45, 2.75) is 26.2 Å². The third-order valence-corrected chi connectivity index (χ3v) is 2.52. The van der Waals surface area contributed by atoms with E-state index in [0.717, 1.165) is 12.8 Å². The van der Waals surface area contributed by atoms with Gasteiger partial charge in [-0.15, -0.1) is 0 Å². The lowest BCUT2D eigenvalue weighted by atomic mass is 9.61. The molecule has 0 amide bonds. The molecule has 1 saturated carbocycles. The standard InChI is InChI=1S/C8H15NO2/c1-6-2-8(3-6,5-9)4-7(10)11/h6H,2-5,9H2,1H3,(H,10,11)/t6-,8-. The summed E-state index contributed by atoms with van der Waals surface area (Å²) in [5, 5.41) is 8.58. The number of carboxylic acids is 1. The third kappa shape index (κ3) is 1.71. The van der Waals surface area contributed by atoms with Crippen molar-refractivity contribution >= 4 is 5.97 Å². The van der Waals surface area contributed by atoms with Gasteiger partial charge in [0.25, 0.3) is 0 Å². The molecule has 1 fully saturated rings. The summed E-state index contributed by atoms with van der Waals surface area (Å²) < 4.78 is 0. The van der Waals surface area contributed by atoms with Gasteiger partial charge in [-0.2, -0.15) is 0 Å². The largest absolute Gasteiger partial charge is 0.481 e. The zero-order chi connectivity index (χ0) is 8.48. The molecule has 3 heteroatoms. The van der Waals surface area contributed by atoms with Crippen LogP contribution in [0.5, 0.6) is 0 Å². The molecule has 11 heavy (non-hydrogen) atoms. The molecule has 1 aliphatic carbocycles. The van der Waals surface area contributed by atoms with Crippen LogP contribution in [0, 0.1) is 11.3 Å². The molecule has 0 bridgehead atoms. The summed E-state index contributed by atoms with van der Waals surface area (Å²) in [6.45, 7) is 2.65. The Labute approximate surface area is 66.6 Å². The van der Waals surface area contributed by atoms with Crippen LogP contribution in [0.4, 0.5) is 0 Å². The van der Waals surface area contributed by atoms with Gasteiger partial charge < -0.3 is 10.8 Å². The first-order valence-electron chi connectivity index (χ1n) is 4.00. The molecule has 1 rings (SSSR count). The minimum absolute atomic E-state index is 0.0642. The summed E-state index contributed by atoms with van der Waals surface area (Å²) in [5.74, 6) is -0.0553. The van der Waals surface area contributed by atoms with Crippen molar-refractivity contribution < 1.29 is 9.90 Å². The predicted octanol–water partition coefficient (Wildman–Crippen LogP) is 0.836. The molecule has 3 nitrogen and oxygen atoms in total. The van der Waals surface area contributed by atoms with Gasteiger partial charge >= 0.3 is 5.97 Å². The monoisotopic (exact) mass is 157 g/mol. The SMILES string of the molecule is C[C@H]1C[C@@](CN)(CC(=O)O)C1. The van der Waals surface area contributed by atoms with Crippen LogP contribution < -0.4 is 5.73 Å². The molecule has 0 aliphatic heterocycles. The van der Waals surface area contributed by atoms with E-state index < -0.39 is 5.97 Å². The topological polar surface area (TPSA) is 63.3 Å². The summed E-state index contributed by atoms with van der Waals surface area (Å²) in [6.07, 6.45) is 2.21. The normalized spacial score (nSPS) is 36.4. The highest BCUT2D eigenvalue weighted by Crippen LogP contribution is 2.47. The molecule has 0 heterocycles. The molecule has 0 aromatic carbocycles. The highest BCUT2D eigenvalue weighted by atomic mass is 16.4. The van der Waals surface area contributed by atoms with E-state index in [1.165, 1.54) is 0 Å². The van der Waals surface area contributed by atoms with Gasteiger partial charge in [-0.1, -0.05) is 6.92 Å². The number of hydrogen-bond donors (Lipinski definition) is 2. The Morgan fingerprint density at radius 1 is 1.73 bits per heavy atom. The van der Waals surface area contributed by atoms with Gasteiger partial charge in [0.05, 0.1) is 6.42 Å². The van der Waals surface area contributed by atoms with E-state index in [1.807, 2.05) is 0 Å². The van der Waals surface area contributed by atoms with Crippen molar-refractivity contribution in [3.8, 4) is 0 Å². The zero-order valence-electron chi connectivity index (χ0n) is 6.84. The summed E-state index contributed by atoms with van der Waals surface area (Å²) >= 11 is 0. The van der Waals surface area contributed by atoms with Gasteiger partial charge in [-0.3, -0.25) is 4.79 Å². The summed E-state index contributed by atoms with van der Waals surface area (Å²) in [6, 6.07) is 0. The fourth-order valence-electron chi connectivity index (χ4n) is 2.12. The second-order valence-electron chi connectivity index (χ2n) is 3.79. The van der Waals surface area contributed by atoms with E-state index in [1.54, 1.807) is 0 Å². The molecule has 64 valence electrons. The van der Waals surface area contributed by atoms with Crippen LogP contribution in [-0.4, -0.2) is 17.6 Å². The van der Waals surface area contributed by atoms with E-state index >= 15 is 0 Å². The van der Waals surface area contributed by atoms with Gasteiger partial charge in [0.1, 0.15) is 0 Å². The van der Waals surface area contributed by atoms with Crippen molar-refractivity contribution in [3.05, 3.63) is 0 Å².